The molecule has 0 spiro atoms. The molecule has 4 rings (SSSR count). The quantitative estimate of drug-likeness (QED) is 0.237. The van der Waals surface area contributed by atoms with Crippen molar-refractivity contribution in [2.45, 2.75) is 88.8 Å². The van der Waals surface area contributed by atoms with Gasteiger partial charge in [-0.05, 0) is 80.7 Å². The van der Waals surface area contributed by atoms with Crippen LogP contribution in [0.3, 0.4) is 0 Å². The minimum Gasteiger partial charge on any atom is -0.480 e. The van der Waals surface area contributed by atoms with E-state index in [9.17, 15) is 14.7 Å². The van der Waals surface area contributed by atoms with Gasteiger partial charge in [-0.3, -0.25) is 25.0 Å². The van der Waals surface area contributed by atoms with E-state index in [1.165, 1.54) is 18.1 Å². The Bertz CT molecular complexity index is 867. The van der Waals surface area contributed by atoms with E-state index >= 15 is 0 Å². The fraction of sp³-hybridized carbons (Fsp3) is 0.643. The summed E-state index contributed by atoms with van der Waals surface area (Å²) < 4.78 is 0. The number of carboxylic acid groups (broad SMARTS) is 1. The average Bonchev–Trinajstić information content (AvgIpc) is 3.43. The molecule has 1 aliphatic heterocycles. The lowest BCUT2D eigenvalue weighted by Gasteiger charge is -2.47. The Balaban J connectivity index is 1.35. The van der Waals surface area contributed by atoms with E-state index in [1.54, 1.807) is 11.6 Å². The monoisotopic (exact) mass is 483 g/mol. The van der Waals surface area contributed by atoms with Crippen molar-refractivity contribution in [1.82, 2.24) is 15.7 Å². The zero-order valence-electron chi connectivity index (χ0n) is 20.8. The number of amides is 1. The number of benzene rings is 1. The third kappa shape index (κ3) is 6.32. The van der Waals surface area contributed by atoms with Gasteiger partial charge in [0, 0.05) is 18.7 Å². The van der Waals surface area contributed by atoms with Crippen molar-refractivity contribution in [3.8, 4) is 0 Å². The number of nitrogens with zero attached hydrogens (tertiary/aromatic N) is 1. The predicted molar refractivity (Wildman–Crippen MR) is 136 cm³/mol. The first-order chi connectivity index (χ1) is 17.0. The molecule has 1 heterocycles. The lowest BCUT2D eigenvalue weighted by molar-refractivity contribution is -0.153. The lowest BCUT2D eigenvalue weighted by Crippen LogP contribution is -2.65. The normalized spacial score (nSPS) is 22.9. The van der Waals surface area contributed by atoms with E-state index in [0.717, 1.165) is 89.4 Å². The van der Waals surface area contributed by atoms with Gasteiger partial charge in [0.15, 0.2) is 0 Å². The van der Waals surface area contributed by atoms with Crippen LogP contribution in [0, 0.1) is 11.8 Å². The van der Waals surface area contributed by atoms with Gasteiger partial charge in [0.25, 0.3) is 5.91 Å². The number of hydrogen-bond acceptors (Lipinski definition) is 5. The summed E-state index contributed by atoms with van der Waals surface area (Å²) >= 11 is 0. The van der Waals surface area contributed by atoms with Crippen LogP contribution in [-0.2, 0) is 16.1 Å². The van der Waals surface area contributed by atoms with Gasteiger partial charge < -0.3 is 5.11 Å². The molecule has 1 atom stereocenters. The summed E-state index contributed by atoms with van der Waals surface area (Å²) in [6.45, 7) is 2.78. The van der Waals surface area contributed by atoms with Gasteiger partial charge >= 0.3 is 5.97 Å². The molecule has 1 unspecified atom stereocenters. The first-order valence-electron chi connectivity index (χ1n) is 13.5. The second-order valence-electron chi connectivity index (χ2n) is 10.7. The van der Waals surface area contributed by atoms with Crippen LogP contribution in [0.4, 0.5) is 0 Å². The Kier molecular flexibility index (Phi) is 8.98. The number of nitrogens with one attached hydrogen (secondary N) is 2. The molecule has 4 N–H and O–H groups in total. The fourth-order valence-electron chi connectivity index (χ4n) is 6.69. The molecule has 2 aliphatic carbocycles. The van der Waals surface area contributed by atoms with Crippen LogP contribution < -0.4 is 10.8 Å². The summed E-state index contributed by atoms with van der Waals surface area (Å²) in [6.07, 6.45) is 15.0. The fourth-order valence-corrected chi connectivity index (χ4v) is 6.69. The molecule has 0 radical (unpaired) electrons. The number of aliphatic carboxylic acids is 1. The van der Waals surface area contributed by atoms with Crippen molar-refractivity contribution in [2.75, 3.05) is 13.1 Å². The van der Waals surface area contributed by atoms with E-state index in [-0.39, 0.29) is 17.9 Å². The minimum absolute atomic E-state index is 0.255. The van der Waals surface area contributed by atoms with E-state index in [1.807, 2.05) is 12.1 Å². The summed E-state index contributed by atoms with van der Waals surface area (Å²) in [5, 5.41) is 23.0. The maximum Gasteiger partial charge on any atom is 0.324 e. The Labute approximate surface area is 208 Å². The van der Waals surface area contributed by atoms with Crippen LogP contribution in [-0.4, -0.2) is 51.8 Å². The third-order valence-electron chi connectivity index (χ3n) is 8.56. The molecular weight excluding hydrogens is 442 g/mol. The van der Waals surface area contributed by atoms with Crippen molar-refractivity contribution >= 4 is 18.0 Å². The summed E-state index contributed by atoms with van der Waals surface area (Å²) in [6, 6.07) is 8.34. The highest BCUT2D eigenvalue weighted by atomic mass is 16.5. The molecule has 7 nitrogen and oxygen atoms in total. The van der Waals surface area contributed by atoms with E-state index in [0.29, 0.717) is 0 Å². The summed E-state index contributed by atoms with van der Waals surface area (Å²) in [7, 11) is 0. The zero-order chi connectivity index (χ0) is 24.7. The highest BCUT2D eigenvalue weighted by Crippen LogP contribution is 2.44. The van der Waals surface area contributed by atoms with Gasteiger partial charge in [0.2, 0.25) is 0 Å². The Morgan fingerprint density at radius 2 is 1.49 bits per heavy atom. The van der Waals surface area contributed by atoms with E-state index in [2.05, 4.69) is 22.3 Å². The summed E-state index contributed by atoms with van der Waals surface area (Å²) in [5.41, 5.74) is 2.96. The topological polar surface area (TPSA) is 102 Å². The molecule has 1 saturated heterocycles. The molecule has 35 heavy (non-hydrogen) atoms. The van der Waals surface area contributed by atoms with Crippen LogP contribution >= 0.6 is 0 Å². The molecule has 3 aliphatic rings. The Hall–Kier alpha value is -2.22. The van der Waals surface area contributed by atoms with E-state index < -0.39 is 17.4 Å². The number of carboxylic acids is 1. The largest absolute Gasteiger partial charge is 0.480 e. The van der Waals surface area contributed by atoms with Gasteiger partial charge in [-0.1, -0.05) is 56.4 Å². The van der Waals surface area contributed by atoms with Gasteiger partial charge in [0.05, 0.1) is 0 Å². The van der Waals surface area contributed by atoms with Crippen LogP contribution in [0.5, 0.6) is 0 Å². The van der Waals surface area contributed by atoms with Crippen LogP contribution in [0.1, 0.15) is 81.8 Å². The van der Waals surface area contributed by atoms with Gasteiger partial charge in [-0.25, -0.2) is 5.48 Å². The molecule has 1 aromatic rings. The highest BCUT2D eigenvalue weighted by molar-refractivity contribution is 5.90. The molecule has 1 aromatic carbocycles. The third-order valence-corrected chi connectivity index (χ3v) is 8.56. The molecule has 0 aromatic heterocycles. The number of rotatable bonds is 9. The number of hydrogen-bond donors (Lipinski definition) is 4. The number of piperidine rings is 1. The van der Waals surface area contributed by atoms with Crippen LogP contribution in [0.25, 0.3) is 6.08 Å². The molecule has 1 amide bonds. The number of hydroxylamine groups is 1. The standard InChI is InChI=1S/C28H41N3O4/c32-26(30-35)15-14-21-10-12-22(13-11-21)20-31-18-16-25(17-19-31)29-28(27(33)34,24-8-4-5-9-24)23-6-2-1-3-7-23/h10-15,23-25,29,35H,1-9,16-20H2,(H,30,32)(H,33,34)/b15-14+. The van der Waals surface area contributed by atoms with Crippen molar-refractivity contribution in [2.24, 2.45) is 11.8 Å². The maximum atomic E-state index is 12.9. The zero-order valence-corrected chi connectivity index (χ0v) is 20.8. The Morgan fingerprint density at radius 3 is 2.03 bits per heavy atom. The summed E-state index contributed by atoms with van der Waals surface area (Å²) in [5.74, 6) is -0.638. The smallest absolute Gasteiger partial charge is 0.324 e. The first-order valence-corrected chi connectivity index (χ1v) is 13.5. The second kappa shape index (κ2) is 12.2. The molecular formula is C28H41N3O4. The lowest BCUT2D eigenvalue weighted by atomic mass is 9.66. The number of carbonyl (C=O) groups is 2. The number of carbonyl (C=O) groups excluding carboxylic acids is 1. The summed E-state index contributed by atoms with van der Waals surface area (Å²) in [4.78, 5) is 26.5. The van der Waals surface area contributed by atoms with E-state index in [4.69, 9.17) is 5.21 Å². The Morgan fingerprint density at radius 1 is 0.914 bits per heavy atom. The maximum absolute atomic E-state index is 12.9. The molecule has 3 fully saturated rings. The van der Waals surface area contributed by atoms with Gasteiger partial charge in [-0.2, -0.15) is 0 Å². The minimum atomic E-state index is -0.750. The highest BCUT2D eigenvalue weighted by Gasteiger charge is 2.53. The molecule has 192 valence electrons. The van der Waals surface area contributed by atoms with Gasteiger partial charge in [0.1, 0.15) is 5.54 Å². The molecule has 7 heteroatoms. The van der Waals surface area contributed by atoms with Crippen LogP contribution in [0.2, 0.25) is 0 Å². The van der Waals surface area contributed by atoms with Crippen molar-refractivity contribution in [3.05, 3.63) is 41.5 Å². The molecule has 2 saturated carbocycles. The second-order valence-corrected chi connectivity index (χ2v) is 10.7. The predicted octanol–water partition coefficient (Wildman–Crippen LogP) is 4.35. The SMILES string of the molecule is O=C(/C=C/c1ccc(CN2CCC(NC(C(=O)O)(C3CCCCC3)C3CCCC3)CC2)cc1)NO. The van der Waals surface area contributed by atoms with Crippen LogP contribution in [0.15, 0.2) is 30.3 Å². The van der Waals surface area contributed by atoms with Gasteiger partial charge in [-0.15, -0.1) is 0 Å². The number of likely N-dealkylation sites (tertiary alicyclic amines) is 1. The van der Waals surface area contributed by atoms with Crippen molar-refractivity contribution in [3.63, 3.8) is 0 Å². The van der Waals surface area contributed by atoms with Crippen molar-refractivity contribution in [1.29, 1.82) is 0 Å². The average molecular weight is 484 g/mol. The molecule has 0 bridgehead atoms. The van der Waals surface area contributed by atoms with Crippen molar-refractivity contribution < 1.29 is 19.9 Å². The first kappa shape index (κ1) is 25.9.